The lowest BCUT2D eigenvalue weighted by Gasteiger charge is -2.30. The fourth-order valence-electron chi connectivity index (χ4n) is 3.99. The fourth-order valence-corrected chi connectivity index (χ4v) is 8.55. The minimum atomic E-state index is -2.20. The molecule has 1 unspecified atom stereocenters. The summed E-state index contributed by atoms with van der Waals surface area (Å²) in [4.78, 5) is 24.7. The smallest absolute Gasteiger partial charge is 0.312 e. The molecule has 1 atom stereocenters. The Bertz CT molecular complexity index is 877. The summed E-state index contributed by atoms with van der Waals surface area (Å²) in [6.45, 7) is 0. The third-order valence-electron chi connectivity index (χ3n) is 5.54. The first-order valence-corrected chi connectivity index (χ1v) is 12.3. The normalized spacial score (nSPS) is 12.1. The van der Waals surface area contributed by atoms with Gasteiger partial charge >= 0.3 is 11.9 Å². The van der Waals surface area contributed by atoms with Crippen molar-refractivity contribution in [1.29, 1.82) is 0 Å². The molecule has 4 nitrogen and oxygen atoms in total. The molecule has 0 radical (unpaired) electrons. The van der Waals surface area contributed by atoms with E-state index < -0.39 is 13.2 Å². The Balaban J connectivity index is 2.18. The maximum Gasteiger partial charge on any atom is 0.312 e. The molecule has 0 aliphatic heterocycles. The molecule has 0 fully saturated rings. The van der Waals surface area contributed by atoms with Crippen LogP contribution in [-0.4, -0.2) is 32.3 Å². The second kappa shape index (κ2) is 10.9. The molecule has 0 saturated heterocycles. The molecule has 5 heteroatoms. The topological polar surface area (TPSA) is 52.6 Å². The Kier molecular flexibility index (Phi) is 7.97. The summed E-state index contributed by atoms with van der Waals surface area (Å²) < 4.78 is 9.97. The molecule has 0 aromatic heterocycles. The predicted octanol–water partition coefficient (Wildman–Crippen LogP) is 3.72. The number of methoxy groups -OCH3 is 2. The van der Waals surface area contributed by atoms with Gasteiger partial charge in [-0.15, -0.1) is 0 Å². The summed E-state index contributed by atoms with van der Waals surface area (Å²) in [5.74, 6) is -1.05. The Labute approximate surface area is 184 Å². The molecule has 160 valence electrons. The maximum atomic E-state index is 12.8. The van der Waals surface area contributed by atoms with Gasteiger partial charge in [-0.2, -0.15) is 0 Å². The molecule has 0 heterocycles. The predicted molar refractivity (Wildman–Crippen MR) is 127 cm³/mol. The van der Waals surface area contributed by atoms with Crippen molar-refractivity contribution in [2.75, 3.05) is 20.4 Å². The number of hydrogen-bond acceptors (Lipinski definition) is 4. The number of esters is 2. The van der Waals surface area contributed by atoms with Crippen molar-refractivity contribution in [3.63, 3.8) is 0 Å². The molecular weight excluding hydrogens is 407 g/mol. The highest BCUT2D eigenvalue weighted by Crippen LogP contribution is 2.57. The first-order chi connectivity index (χ1) is 15.1. The van der Waals surface area contributed by atoms with Crippen LogP contribution in [0.2, 0.25) is 0 Å². The Hall–Kier alpha value is -2.97. The number of benzene rings is 3. The molecule has 0 amide bonds. The van der Waals surface area contributed by atoms with Gasteiger partial charge in [0.25, 0.3) is 0 Å². The zero-order chi connectivity index (χ0) is 22.1. The average Bonchev–Trinajstić information content (AvgIpc) is 2.85. The lowest BCUT2D eigenvalue weighted by molar-refractivity contribution is -0.146. The van der Waals surface area contributed by atoms with Crippen molar-refractivity contribution in [3.8, 4) is 0 Å². The van der Waals surface area contributed by atoms with Crippen molar-refractivity contribution in [3.05, 3.63) is 91.0 Å². The lowest BCUT2D eigenvalue weighted by Crippen LogP contribution is -2.37. The van der Waals surface area contributed by atoms with Crippen molar-refractivity contribution in [2.45, 2.75) is 12.8 Å². The molecular formula is C26H28O4P+. The van der Waals surface area contributed by atoms with Crippen molar-refractivity contribution < 1.29 is 19.1 Å². The van der Waals surface area contributed by atoms with Crippen molar-refractivity contribution in [2.24, 2.45) is 5.92 Å². The van der Waals surface area contributed by atoms with Gasteiger partial charge in [0.15, 0.2) is 0 Å². The molecule has 0 saturated carbocycles. The molecule has 0 N–H and O–H groups in total. The molecule has 31 heavy (non-hydrogen) atoms. The standard InChI is InChI=1S/C26H28O4P/c1-29-25(27)19-18-21(26(28)30-2)20-31(22-12-6-3-7-13-22,23-14-8-4-9-15-23)24-16-10-5-11-17-24/h3-17,21H,18-20H2,1-2H3/q+1. The van der Waals surface area contributed by atoms with Crippen LogP contribution in [0.5, 0.6) is 0 Å². The van der Waals surface area contributed by atoms with E-state index in [1.807, 2.05) is 54.6 Å². The van der Waals surface area contributed by atoms with E-state index in [9.17, 15) is 9.59 Å². The van der Waals surface area contributed by atoms with E-state index >= 15 is 0 Å². The molecule has 3 rings (SSSR count). The maximum absolute atomic E-state index is 12.8. The van der Waals surface area contributed by atoms with E-state index in [4.69, 9.17) is 9.47 Å². The van der Waals surface area contributed by atoms with Gasteiger partial charge in [0, 0.05) is 6.42 Å². The molecule has 0 spiro atoms. The van der Waals surface area contributed by atoms with Crippen LogP contribution in [0, 0.1) is 5.92 Å². The number of rotatable bonds is 9. The van der Waals surface area contributed by atoms with Crippen molar-refractivity contribution in [1.82, 2.24) is 0 Å². The number of carbonyl (C=O) groups excluding carboxylic acids is 2. The minimum absolute atomic E-state index is 0.175. The van der Waals surface area contributed by atoms with E-state index in [1.165, 1.54) is 30.1 Å². The van der Waals surface area contributed by atoms with Crippen LogP contribution in [0.4, 0.5) is 0 Å². The second-order valence-electron chi connectivity index (χ2n) is 7.33. The molecule has 0 aliphatic rings. The summed E-state index contributed by atoms with van der Waals surface area (Å²) in [5, 5.41) is 3.58. The van der Waals surface area contributed by atoms with Crippen LogP contribution in [0.25, 0.3) is 0 Å². The van der Waals surface area contributed by atoms with Gasteiger partial charge in [-0.3, -0.25) is 9.59 Å². The van der Waals surface area contributed by atoms with Crippen LogP contribution in [0.3, 0.4) is 0 Å². The third kappa shape index (κ3) is 5.21. The van der Waals surface area contributed by atoms with Gasteiger partial charge in [-0.05, 0) is 42.8 Å². The van der Waals surface area contributed by atoms with E-state index in [-0.39, 0.29) is 18.4 Å². The summed E-state index contributed by atoms with van der Waals surface area (Å²) >= 11 is 0. The van der Waals surface area contributed by atoms with Gasteiger partial charge in [0.2, 0.25) is 0 Å². The zero-order valence-electron chi connectivity index (χ0n) is 17.9. The average molecular weight is 435 g/mol. The van der Waals surface area contributed by atoms with Crippen LogP contribution in [0.1, 0.15) is 12.8 Å². The summed E-state index contributed by atoms with van der Waals surface area (Å²) in [5.41, 5.74) is 0. The quantitative estimate of drug-likeness (QED) is 0.380. The van der Waals surface area contributed by atoms with E-state index in [2.05, 4.69) is 36.4 Å². The molecule has 3 aromatic rings. The van der Waals surface area contributed by atoms with Gasteiger partial charge in [0.05, 0.1) is 26.3 Å². The Morgan fingerprint density at radius 1 is 0.710 bits per heavy atom. The van der Waals surface area contributed by atoms with Crippen LogP contribution >= 0.6 is 7.26 Å². The minimum Gasteiger partial charge on any atom is -0.469 e. The second-order valence-corrected chi connectivity index (χ2v) is 10.9. The van der Waals surface area contributed by atoms with Gasteiger partial charge in [0.1, 0.15) is 23.2 Å². The molecule has 0 bridgehead atoms. The Morgan fingerprint density at radius 2 is 1.13 bits per heavy atom. The summed E-state index contributed by atoms with van der Waals surface area (Å²) in [6, 6.07) is 31.1. The highest BCUT2D eigenvalue weighted by molar-refractivity contribution is 7.95. The first-order valence-electron chi connectivity index (χ1n) is 10.3. The lowest BCUT2D eigenvalue weighted by atomic mass is 10.1. The number of ether oxygens (including phenoxy) is 2. The number of hydrogen-bond donors (Lipinski definition) is 0. The first kappa shape index (κ1) is 22.7. The fraction of sp³-hybridized carbons (Fsp3) is 0.231. The van der Waals surface area contributed by atoms with Crippen LogP contribution in [-0.2, 0) is 19.1 Å². The highest BCUT2D eigenvalue weighted by Gasteiger charge is 2.48. The van der Waals surface area contributed by atoms with Crippen LogP contribution < -0.4 is 15.9 Å². The van der Waals surface area contributed by atoms with Gasteiger partial charge in [-0.25, -0.2) is 0 Å². The van der Waals surface area contributed by atoms with E-state index in [0.29, 0.717) is 12.6 Å². The van der Waals surface area contributed by atoms with Crippen molar-refractivity contribution >= 4 is 35.1 Å². The highest BCUT2D eigenvalue weighted by atomic mass is 31.2. The summed E-state index contributed by atoms with van der Waals surface area (Å²) in [6.07, 6.45) is 1.14. The van der Waals surface area contributed by atoms with E-state index in [0.717, 1.165) is 0 Å². The molecule has 3 aromatic carbocycles. The zero-order valence-corrected chi connectivity index (χ0v) is 18.8. The van der Waals surface area contributed by atoms with Crippen LogP contribution in [0.15, 0.2) is 91.0 Å². The largest absolute Gasteiger partial charge is 0.469 e. The molecule has 0 aliphatic carbocycles. The Morgan fingerprint density at radius 3 is 1.48 bits per heavy atom. The van der Waals surface area contributed by atoms with E-state index in [1.54, 1.807) is 0 Å². The van der Waals surface area contributed by atoms with Gasteiger partial charge < -0.3 is 9.47 Å². The monoisotopic (exact) mass is 435 g/mol. The summed E-state index contributed by atoms with van der Waals surface area (Å²) in [7, 11) is 0.572. The van der Waals surface area contributed by atoms with Gasteiger partial charge in [-0.1, -0.05) is 54.6 Å². The number of carbonyl (C=O) groups is 2. The third-order valence-corrected chi connectivity index (χ3v) is 10.1. The SMILES string of the molecule is COC(=O)CCC(C[P+](c1ccccc1)(c1ccccc1)c1ccccc1)C(=O)OC.